The van der Waals surface area contributed by atoms with E-state index in [4.69, 9.17) is 19.3 Å². The van der Waals surface area contributed by atoms with E-state index in [0.717, 1.165) is 0 Å². The van der Waals surface area contributed by atoms with Crippen molar-refractivity contribution in [2.75, 3.05) is 13.7 Å². The van der Waals surface area contributed by atoms with Gasteiger partial charge in [0.25, 0.3) is 0 Å². The summed E-state index contributed by atoms with van der Waals surface area (Å²) in [6.45, 7) is 1.91. The zero-order valence-electron chi connectivity index (χ0n) is 7.02. The molecule has 5 heteroatoms. The second kappa shape index (κ2) is 3.84. The zero-order chi connectivity index (χ0) is 9.14. The smallest absolute Gasteiger partial charge is 0.335 e. The van der Waals surface area contributed by atoms with Crippen molar-refractivity contribution in [3.05, 3.63) is 0 Å². The Balaban J connectivity index is 2.58. The first-order valence-corrected chi connectivity index (χ1v) is 3.68. The minimum Gasteiger partial charge on any atom is -0.479 e. The van der Waals surface area contributed by atoms with Crippen molar-refractivity contribution in [2.24, 2.45) is 0 Å². The Morgan fingerprint density at radius 2 is 2.33 bits per heavy atom. The molecule has 1 saturated heterocycles. The van der Waals surface area contributed by atoms with E-state index in [-0.39, 0.29) is 6.61 Å². The van der Waals surface area contributed by atoms with Gasteiger partial charge in [-0.15, -0.1) is 0 Å². The fraction of sp³-hybridized carbons (Fsp3) is 0.857. The van der Waals surface area contributed by atoms with E-state index >= 15 is 0 Å². The van der Waals surface area contributed by atoms with E-state index in [1.54, 1.807) is 6.92 Å². The molecule has 0 aromatic heterocycles. The van der Waals surface area contributed by atoms with Gasteiger partial charge >= 0.3 is 5.97 Å². The van der Waals surface area contributed by atoms with Crippen LogP contribution in [0, 0.1) is 0 Å². The first kappa shape index (κ1) is 9.44. The van der Waals surface area contributed by atoms with Crippen LogP contribution in [0.4, 0.5) is 0 Å². The van der Waals surface area contributed by atoms with Gasteiger partial charge in [0.15, 0.2) is 12.4 Å². The maximum Gasteiger partial charge on any atom is 0.335 e. The lowest BCUT2D eigenvalue weighted by molar-refractivity contribution is -0.250. The molecule has 0 aliphatic carbocycles. The Bertz CT molecular complexity index is 169. The van der Waals surface area contributed by atoms with Crippen LogP contribution >= 0.6 is 0 Å². The van der Waals surface area contributed by atoms with Crippen molar-refractivity contribution in [1.29, 1.82) is 0 Å². The van der Waals surface area contributed by atoms with E-state index < -0.39 is 24.5 Å². The fourth-order valence-electron chi connectivity index (χ4n) is 1.06. The quantitative estimate of drug-likeness (QED) is 0.633. The highest BCUT2D eigenvalue weighted by Crippen LogP contribution is 2.15. The number of hydrogen-bond donors (Lipinski definition) is 1. The van der Waals surface area contributed by atoms with Crippen LogP contribution in [0.25, 0.3) is 0 Å². The lowest BCUT2D eigenvalue weighted by Gasteiger charge is -2.31. The van der Waals surface area contributed by atoms with Crippen molar-refractivity contribution >= 4 is 5.97 Å². The Kier molecular flexibility index (Phi) is 3.02. The predicted octanol–water partition coefficient (Wildman–Crippen LogP) is -0.153. The highest BCUT2D eigenvalue weighted by atomic mass is 16.7. The molecule has 3 atom stereocenters. The lowest BCUT2D eigenvalue weighted by atomic mass is 10.2. The second-order valence-corrected chi connectivity index (χ2v) is 2.57. The van der Waals surface area contributed by atoms with Crippen molar-refractivity contribution in [3.63, 3.8) is 0 Å². The molecule has 0 radical (unpaired) electrons. The maximum atomic E-state index is 10.6. The van der Waals surface area contributed by atoms with Crippen molar-refractivity contribution in [2.45, 2.75) is 25.4 Å². The van der Waals surface area contributed by atoms with Crippen molar-refractivity contribution in [3.8, 4) is 0 Å². The molecule has 1 N–H and O–H groups in total. The normalized spacial score (nSPS) is 36.3. The molecule has 0 spiro atoms. The molecule has 1 heterocycles. The van der Waals surface area contributed by atoms with Gasteiger partial charge in [0.2, 0.25) is 0 Å². The molecule has 1 rings (SSSR count). The second-order valence-electron chi connectivity index (χ2n) is 2.57. The molecule has 0 amide bonds. The van der Waals surface area contributed by atoms with Crippen LogP contribution in [0.5, 0.6) is 0 Å². The SMILES string of the molecule is COC1COC(C)OC1C(=O)O. The molecule has 0 aromatic carbocycles. The Morgan fingerprint density at radius 3 is 2.83 bits per heavy atom. The third-order valence-corrected chi connectivity index (χ3v) is 1.72. The summed E-state index contributed by atoms with van der Waals surface area (Å²) in [4.78, 5) is 10.6. The molecule has 1 fully saturated rings. The molecular weight excluding hydrogens is 164 g/mol. The summed E-state index contributed by atoms with van der Waals surface area (Å²) >= 11 is 0. The van der Waals surface area contributed by atoms with Crippen LogP contribution in [-0.2, 0) is 19.0 Å². The molecule has 70 valence electrons. The third kappa shape index (κ3) is 1.94. The van der Waals surface area contributed by atoms with Crippen LogP contribution in [-0.4, -0.2) is 43.3 Å². The largest absolute Gasteiger partial charge is 0.479 e. The van der Waals surface area contributed by atoms with Gasteiger partial charge in [-0.3, -0.25) is 0 Å². The Morgan fingerprint density at radius 1 is 1.67 bits per heavy atom. The van der Waals surface area contributed by atoms with Crippen LogP contribution in [0.3, 0.4) is 0 Å². The monoisotopic (exact) mass is 176 g/mol. The van der Waals surface area contributed by atoms with Gasteiger partial charge in [0, 0.05) is 7.11 Å². The van der Waals surface area contributed by atoms with Gasteiger partial charge in [0.05, 0.1) is 6.61 Å². The first-order chi connectivity index (χ1) is 5.65. The molecule has 1 aliphatic rings. The van der Waals surface area contributed by atoms with Crippen molar-refractivity contribution in [1.82, 2.24) is 0 Å². The number of carboxylic acids is 1. The lowest BCUT2D eigenvalue weighted by Crippen LogP contribution is -2.48. The highest BCUT2D eigenvalue weighted by Gasteiger charge is 2.35. The van der Waals surface area contributed by atoms with E-state index in [1.807, 2.05) is 0 Å². The first-order valence-electron chi connectivity index (χ1n) is 3.68. The number of hydrogen-bond acceptors (Lipinski definition) is 4. The summed E-state index contributed by atoms with van der Waals surface area (Å²) in [5.74, 6) is -1.02. The molecule has 5 nitrogen and oxygen atoms in total. The van der Waals surface area contributed by atoms with Crippen LogP contribution in [0.1, 0.15) is 6.92 Å². The van der Waals surface area contributed by atoms with Gasteiger partial charge in [0.1, 0.15) is 6.10 Å². The number of carbonyl (C=O) groups is 1. The number of methoxy groups -OCH3 is 1. The molecule has 0 bridgehead atoms. The van der Waals surface area contributed by atoms with Gasteiger partial charge in [-0.05, 0) is 6.92 Å². The van der Waals surface area contributed by atoms with E-state index in [0.29, 0.717) is 0 Å². The fourth-order valence-corrected chi connectivity index (χ4v) is 1.06. The summed E-state index contributed by atoms with van der Waals surface area (Å²) in [5, 5.41) is 8.70. The number of ether oxygens (including phenoxy) is 3. The number of carboxylic acid groups (broad SMARTS) is 1. The van der Waals surface area contributed by atoms with E-state index in [9.17, 15) is 4.79 Å². The Labute approximate surface area is 70.2 Å². The van der Waals surface area contributed by atoms with Crippen LogP contribution < -0.4 is 0 Å². The molecule has 0 aromatic rings. The summed E-state index contributed by atoms with van der Waals surface area (Å²) in [5.41, 5.74) is 0. The molecule has 12 heavy (non-hydrogen) atoms. The van der Waals surface area contributed by atoms with Crippen LogP contribution in [0.15, 0.2) is 0 Å². The summed E-state index contributed by atoms with van der Waals surface area (Å²) in [7, 11) is 1.43. The molecule has 1 aliphatic heterocycles. The predicted molar refractivity (Wildman–Crippen MR) is 38.7 cm³/mol. The third-order valence-electron chi connectivity index (χ3n) is 1.72. The maximum absolute atomic E-state index is 10.6. The molecule has 3 unspecified atom stereocenters. The Hall–Kier alpha value is -0.650. The topological polar surface area (TPSA) is 65.0 Å². The summed E-state index contributed by atoms with van der Waals surface area (Å²) in [6.07, 6.45) is -1.91. The highest BCUT2D eigenvalue weighted by molar-refractivity contribution is 5.73. The van der Waals surface area contributed by atoms with Crippen LogP contribution in [0.2, 0.25) is 0 Å². The van der Waals surface area contributed by atoms with Gasteiger partial charge < -0.3 is 19.3 Å². The minimum atomic E-state index is -1.02. The standard InChI is InChI=1S/C7H12O5/c1-4-11-3-5(10-2)6(12-4)7(8)9/h4-6H,3H2,1-2H3,(H,8,9). The number of aliphatic carboxylic acids is 1. The number of rotatable bonds is 2. The zero-order valence-corrected chi connectivity index (χ0v) is 7.02. The van der Waals surface area contributed by atoms with E-state index in [2.05, 4.69) is 0 Å². The van der Waals surface area contributed by atoms with Gasteiger partial charge in [-0.25, -0.2) is 4.79 Å². The molecule has 0 saturated carbocycles. The van der Waals surface area contributed by atoms with E-state index in [1.165, 1.54) is 7.11 Å². The average Bonchev–Trinajstić information content (AvgIpc) is 2.04. The summed E-state index contributed by atoms with van der Waals surface area (Å²) < 4.78 is 14.9. The minimum absolute atomic E-state index is 0.259. The van der Waals surface area contributed by atoms with Gasteiger partial charge in [-0.1, -0.05) is 0 Å². The van der Waals surface area contributed by atoms with Crippen molar-refractivity contribution < 1.29 is 24.1 Å². The van der Waals surface area contributed by atoms with Gasteiger partial charge in [-0.2, -0.15) is 0 Å². The molecular formula is C7H12O5. The average molecular weight is 176 g/mol. The summed E-state index contributed by atoms with van der Waals surface area (Å²) in [6, 6.07) is 0.